The van der Waals surface area contributed by atoms with Crippen molar-refractivity contribution < 1.29 is 9.59 Å². The number of para-hydroxylation sites is 1. The van der Waals surface area contributed by atoms with Gasteiger partial charge in [-0.1, -0.05) is 42.5 Å². The van der Waals surface area contributed by atoms with Crippen molar-refractivity contribution in [3.63, 3.8) is 0 Å². The van der Waals surface area contributed by atoms with Crippen LogP contribution in [-0.2, 0) is 0 Å². The number of carbonyl (C=O) groups is 2. The van der Waals surface area contributed by atoms with Crippen LogP contribution >= 0.6 is 0 Å². The maximum absolute atomic E-state index is 12.7. The lowest BCUT2D eigenvalue weighted by molar-refractivity contribution is 0.0817. The van der Waals surface area contributed by atoms with Gasteiger partial charge in [0.15, 0.2) is 5.65 Å². The van der Waals surface area contributed by atoms with E-state index in [1.807, 2.05) is 0 Å². The van der Waals surface area contributed by atoms with E-state index in [0.29, 0.717) is 28.4 Å². The molecule has 26 heavy (non-hydrogen) atoms. The minimum absolute atomic E-state index is 0.271. The molecule has 0 spiro atoms. The molecule has 0 fully saturated rings. The van der Waals surface area contributed by atoms with Crippen molar-refractivity contribution in [3.05, 3.63) is 78.2 Å². The summed E-state index contributed by atoms with van der Waals surface area (Å²) in [5.41, 5.74) is 2.28. The summed E-state index contributed by atoms with van der Waals surface area (Å²) >= 11 is 0. The molecule has 0 radical (unpaired) electrons. The fourth-order valence-corrected chi connectivity index (χ4v) is 2.58. The van der Waals surface area contributed by atoms with Gasteiger partial charge >= 0.3 is 0 Å². The number of Topliss-reactive ketones (excluding diaryl/α,β-unsaturated/α-hetero) is 2. The highest BCUT2D eigenvalue weighted by atomic mass is 16.2. The summed E-state index contributed by atoms with van der Waals surface area (Å²) in [5.74, 6) is -0.738. The first-order chi connectivity index (χ1) is 12.7. The van der Waals surface area contributed by atoms with Gasteiger partial charge in [0.25, 0.3) is 0 Å². The number of carbonyl (C=O) groups excluding carboxylic acids is 2. The molecule has 0 bridgehead atoms. The molecule has 0 aliphatic carbocycles. The van der Waals surface area contributed by atoms with E-state index in [1.165, 1.54) is 6.33 Å². The van der Waals surface area contributed by atoms with Crippen LogP contribution in [0.25, 0.3) is 11.2 Å². The number of anilines is 2. The Bertz CT molecular complexity index is 1070. The molecular weight excluding hydrogens is 330 g/mol. The Morgan fingerprint density at radius 2 is 1.69 bits per heavy atom. The Labute approximate surface area is 148 Å². The van der Waals surface area contributed by atoms with Crippen molar-refractivity contribution in [2.45, 2.75) is 0 Å². The van der Waals surface area contributed by atoms with Gasteiger partial charge in [-0.25, -0.2) is 9.97 Å². The van der Waals surface area contributed by atoms with Gasteiger partial charge in [-0.05, 0) is 12.1 Å². The molecule has 7 nitrogen and oxygen atoms in total. The number of aromatic amines is 1. The number of benzene rings is 2. The van der Waals surface area contributed by atoms with E-state index >= 15 is 0 Å². The number of fused-ring (bicyclic) bond motifs is 1. The first-order valence-electron chi connectivity index (χ1n) is 7.88. The van der Waals surface area contributed by atoms with Crippen molar-refractivity contribution in [2.24, 2.45) is 0 Å². The summed E-state index contributed by atoms with van der Waals surface area (Å²) in [6.07, 6.45) is 3.01. The Hall–Kier alpha value is -3.87. The van der Waals surface area contributed by atoms with E-state index in [1.54, 1.807) is 60.8 Å². The number of H-pyrrole nitrogens is 1. The standard InChI is InChI=1S/C19H13N5O2/c25-16(12-6-2-1-3-7-12)17(26)13-8-4-5-9-14(13)22-19-23-15-10-20-11-21-18(15)24-19/h1-11H,(H2,20,21,22,23,24). The molecule has 4 rings (SSSR count). The molecule has 0 saturated heterocycles. The lowest BCUT2D eigenvalue weighted by atomic mass is 10.0. The second kappa shape index (κ2) is 6.56. The number of nitrogens with zero attached hydrogens (tertiary/aromatic N) is 3. The van der Waals surface area contributed by atoms with E-state index in [4.69, 9.17) is 0 Å². The first-order valence-corrected chi connectivity index (χ1v) is 7.88. The normalized spacial score (nSPS) is 10.6. The summed E-state index contributed by atoms with van der Waals surface area (Å²) in [6.45, 7) is 0. The predicted molar refractivity (Wildman–Crippen MR) is 96.5 cm³/mol. The second-order valence-electron chi connectivity index (χ2n) is 5.54. The molecule has 0 aliphatic heterocycles. The number of rotatable bonds is 5. The largest absolute Gasteiger partial charge is 0.325 e. The van der Waals surface area contributed by atoms with Crippen LogP contribution in [0.1, 0.15) is 20.7 Å². The van der Waals surface area contributed by atoms with Gasteiger partial charge in [0.05, 0.1) is 11.9 Å². The van der Waals surface area contributed by atoms with Crippen molar-refractivity contribution in [2.75, 3.05) is 5.32 Å². The van der Waals surface area contributed by atoms with Crippen LogP contribution < -0.4 is 5.32 Å². The van der Waals surface area contributed by atoms with Gasteiger partial charge in [-0.3, -0.25) is 9.59 Å². The number of hydrogen-bond donors (Lipinski definition) is 2. The molecule has 2 aromatic carbocycles. The topological polar surface area (TPSA) is 101 Å². The van der Waals surface area contributed by atoms with Gasteiger partial charge in [-0.2, -0.15) is 4.98 Å². The number of imidazole rings is 1. The number of hydrogen-bond acceptors (Lipinski definition) is 6. The summed E-state index contributed by atoms with van der Waals surface area (Å²) < 4.78 is 0. The molecule has 0 amide bonds. The minimum atomic E-state index is -0.588. The molecule has 0 saturated carbocycles. The van der Waals surface area contributed by atoms with Crippen LogP contribution in [0.5, 0.6) is 0 Å². The van der Waals surface area contributed by atoms with Gasteiger partial charge in [0.1, 0.15) is 11.8 Å². The highest BCUT2D eigenvalue weighted by Gasteiger charge is 2.21. The molecule has 2 aromatic heterocycles. The lowest BCUT2D eigenvalue weighted by Gasteiger charge is -2.08. The zero-order valence-corrected chi connectivity index (χ0v) is 13.5. The summed E-state index contributed by atoms with van der Waals surface area (Å²) in [4.78, 5) is 40.5. The van der Waals surface area contributed by atoms with Crippen LogP contribution in [0.3, 0.4) is 0 Å². The van der Waals surface area contributed by atoms with Gasteiger partial charge in [-0.15, -0.1) is 0 Å². The van der Waals surface area contributed by atoms with Crippen molar-refractivity contribution in [1.82, 2.24) is 19.9 Å². The van der Waals surface area contributed by atoms with E-state index in [9.17, 15) is 9.59 Å². The molecule has 2 N–H and O–H groups in total. The molecule has 0 unspecified atom stereocenters. The van der Waals surface area contributed by atoms with Crippen molar-refractivity contribution in [3.8, 4) is 0 Å². The fraction of sp³-hybridized carbons (Fsp3) is 0. The number of ketones is 2. The van der Waals surface area contributed by atoms with Crippen molar-refractivity contribution in [1.29, 1.82) is 0 Å². The molecule has 0 aliphatic rings. The summed E-state index contributed by atoms with van der Waals surface area (Å²) in [5, 5.41) is 3.04. The first kappa shape index (κ1) is 15.6. The molecular formula is C19H13N5O2. The lowest BCUT2D eigenvalue weighted by Crippen LogP contribution is -2.16. The number of nitrogens with one attached hydrogen (secondary N) is 2. The van der Waals surface area contributed by atoms with Crippen LogP contribution in [0.4, 0.5) is 11.6 Å². The summed E-state index contributed by atoms with van der Waals surface area (Å²) in [7, 11) is 0. The monoisotopic (exact) mass is 343 g/mol. The maximum Gasteiger partial charge on any atom is 0.235 e. The predicted octanol–water partition coefficient (Wildman–Crippen LogP) is 3.16. The van der Waals surface area contributed by atoms with Crippen LogP contribution in [0, 0.1) is 0 Å². The smallest absolute Gasteiger partial charge is 0.235 e. The van der Waals surface area contributed by atoms with Crippen LogP contribution in [-0.4, -0.2) is 31.5 Å². The third kappa shape index (κ3) is 2.93. The average Bonchev–Trinajstić information content (AvgIpc) is 3.10. The Morgan fingerprint density at radius 1 is 0.923 bits per heavy atom. The zero-order chi connectivity index (χ0) is 17.9. The zero-order valence-electron chi connectivity index (χ0n) is 13.5. The quantitative estimate of drug-likeness (QED) is 0.426. The fourth-order valence-electron chi connectivity index (χ4n) is 2.58. The highest BCUT2D eigenvalue weighted by molar-refractivity contribution is 6.50. The van der Waals surface area contributed by atoms with Crippen molar-refractivity contribution >= 4 is 34.4 Å². The third-order valence-electron chi connectivity index (χ3n) is 3.83. The SMILES string of the molecule is O=C(C(=O)c1ccccc1Nc1nc2ncncc2[nH]1)c1ccccc1. The van der Waals surface area contributed by atoms with Crippen LogP contribution in [0.15, 0.2) is 67.1 Å². The van der Waals surface area contributed by atoms with E-state index in [0.717, 1.165) is 0 Å². The molecule has 2 heterocycles. The maximum atomic E-state index is 12.7. The molecule has 7 heteroatoms. The van der Waals surface area contributed by atoms with Gasteiger partial charge in [0.2, 0.25) is 17.5 Å². The molecule has 126 valence electrons. The Kier molecular flexibility index (Phi) is 3.95. The third-order valence-corrected chi connectivity index (χ3v) is 3.83. The Morgan fingerprint density at radius 3 is 2.50 bits per heavy atom. The van der Waals surface area contributed by atoms with Gasteiger partial charge < -0.3 is 10.3 Å². The minimum Gasteiger partial charge on any atom is -0.325 e. The highest BCUT2D eigenvalue weighted by Crippen LogP contribution is 2.22. The van der Waals surface area contributed by atoms with E-state index < -0.39 is 11.6 Å². The average molecular weight is 343 g/mol. The van der Waals surface area contributed by atoms with E-state index in [2.05, 4.69) is 25.3 Å². The molecule has 0 atom stereocenters. The van der Waals surface area contributed by atoms with E-state index in [-0.39, 0.29) is 5.56 Å². The summed E-state index contributed by atoms with van der Waals surface area (Å²) in [6, 6.07) is 15.3. The molecule has 4 aromatic rings. The second-order valence-corrected chi connectivity index (χ2v) is 5.54. The number of aromatic nitrogens is 4. The van der Waals surface area contributed by atoms with Gasteiger partial charge in [0, 0.05) is 11.1 Å². The van der Waals surface area contributed by atoms with Crippen LogP contribution in [0.2, 0.25) is 0 Å². The Balaban J connectivity index is 1.66.